The average Bonchev–Trinajstić information content (AvgIpc) is 1.66. The van der Waals surface area contributed by atoms with Gasteiger partial charge in [-0.2, -0.15) is 0 Å². The smallest absolute Gasteiger partial charge is 0.342 e. The van der Waals surface area contributed by atoms with Crippen molar-refractivity contribution < 1.29 is 67.1 Å². The highest BCUT2D eigenvalue weighted by Crippen LogP contribution is 2.43. The number of anilines is 1. The number of allylic oxidation sites excluding steroid dienone is 1. The number of ether oxygens (including phenoxy) is 5. The van der Waals surface area contributed by atoms with Gasteiger partial charge in [0.2, 0.25) is 11.8 Å². The predicted octanol–water partition coefficient (Wildman–Crippen LogP) is 10.8. The molecule has 7 rings (SSSR count). The second-order valence-corrected chi connectivity index (χ2v) is 24.6. The van der Waals surface area contributed by atoms with Crippen LogP contribution in [0.2, 0.25) is 0 Å². The minimum Gasteiger partial charge on any atom is -0.478 e. The van der Waals surface area contributed by atoms with Crippen molar-refractivity contribution in [3.63, 3.8) is 0 Å². The summed E-state index contributed by atoms with van der Waals surface area (Å²) >= 11 is 0.988. The molecule has 3 aromatic carbocycles. The van der Waals surface area contributed by atoms with Crippen LogP contribution in [0.1, 0.15) is 127 Å². The Morgan fingerprint density at radius 1 is 0.744 bits per heavy atom. The molecule has 0 saturated heterocycles. The Kier molecular flexibility index (Phi) is 22.1. The van der Waals surface area contributed by atoms with Crippen LogP contribution >= 0.6 is 11.8 Å². The molecule has 5 N–H and O–H groups in total. The first-order valence-electron chi connectivity index (χ1n) is 28.9. The van der Waals surface area contributed by atoms with Gasteiger partial charge in [-0.25, -0.2) is 29.0 Å². The molecule has 86 heavy (non-hydrogen) atoms. The molecule has 19 nitrogen and oxygen atoms in total. The summed E-state index contributed by atoms with van der Waals surface area (Å²) in [6.07, 6.45) is 2.86. The van der Waals surface area contributed by atoms with Gasteiger partial charge in [0.25, 0.3) is 6.47 Å². The van der Waals surface area contributed by atoms with E-state index in [1.807, 2.05) is 39.8 Å². The minimum atomic E-state index is -1.28. The SMILES string of the molecule is C=C(C)C(=O)OCC(CNC(C)C(=O)NC1=N/C(=C\c2[nH]c(NC(=O)C(C)Sc3cc(OC=O)cc(C(=O)O)c3)c(C(=O)OC3C(C)CC(C)CC3C)c2-c2ccccc2)C(c2ccccc2)=C1C(=O)OC1C(C)CC(C)CC1C)OC(=O)C(=C)C. The summed E-state index contributed by atoms with van der Waals surface area (Å²) < 4.78 is 28.9. The van der Waals surface area contributed by atoms with Crippen LogP contribution in [0.3, 0.4) is 0 Å². The average molecular weight is 1200 g/mol. The number of hydrogen-bond donors (Lipinski definition) is 5. The molecule has 20 heteroatoms. The van der Waals surface area contributed by atoms with Crippen molar-refractivity contribution in [3.8, 4) is 16.9 Å². The molecule has 2 aliphatic carbocycles. The molecular formula is C66H77N5O14S. The van der Waals surface area contributed by atoms with Crippen molar-refractivity contribution in [3.05, 3.63) is 137 Å². The standard InChI is InChI=1S/C66H77N5O14S/c1-34(2)63(77)81-32-48(83-64(78)35(3)4)31-67-42(11)60(73)70-58-54(65(79)84-56-38(7)23-36(5)24-39(56)8)52(44-19-15-13-16-20-44)50(68-58)30-51-53(45-21-17-14-18-22-45)55(66(80)85-57-40(9)25-37(6)26-41(57)10)59(69-51)71-61(74)43(12)86-49-28-46(62(75)76)27-47(29-49)82-33-72/h13-22,27-30,33,36-43,48,56-57,67,69H,1,3,23-26,31-32H2,2,4-12H3,(H,71,74)(H,75,76)(H,68,70,73)/b50-30-. The maximum atomic E-state index is 15.3. The molecule has 0 bridgehead atoms. The lowest BCUT2D eigenvalue weighted by atomic mass is 9.75. The first kappa shape index (κ1) is 65.2. The number of rotatable bonds is 23. The summed E-state index contributed by atoms with van der Waals surface area (Å²) in [5.74, 6) is -4.95. The second kappa shape index (κ2) is 29.2. The number of nitrogens with zero attached hydrogens (tertiary/aromatic N) is 1. The number of aromatic amines is 1. The van der Waals surface area contributed by atoms with Crippen LogP contribution in [0.4, 0.5) is 5.82 Å². The third kappa shape index (κ3) is 16.3. The Labute approximate surface area is 505 Å². The number of thioether (sulfide) groups is 1. The van der Waals surface area contributed by atoms with Crippen LogP contribution in [0, 0.1) is 35.5 Å². The maximum Gasteiger partial charge on any atom is 0.342 e. The fourth-order valence-corrected chi connectivity index (χ4v) is 12.6. The number of amidine groups is 1. The Morgan fingerprint density at radius 2 is 1.30 bits per heavy atom. The summed E-state index contributed by atoms with van der Waals surface area (Å²) in [5.41, 5.74) is 2.01. The van der Waals surface area contributed by atoms with Gasteiger partial charge in [0, 0.05) is 33.7 Å². The Bertz CT molecular complexity index is 3330. The van der Waals surface area contributed by atoms with Gasteiger partial charge >= 0.3 is 29.8 Å². The zero-order valence-corrected chi connectivity index (χ0v) is 51.1. The number of esters is 4. The number of aromatic nitrogens is 1. The van der Waals surface area contributed by atoms with Crippen molar-refractivity contribution in [2.45, 2.75) is 129 Å². The lowest BCUT2D eigenvalue weighted by molar-refractivity contribution is -0.153. The van der Waals surface area contributed by atoms with Gasteiger partial charge in [-0.3, -0.25) is 14.4 Å². The molecular weight excluding hydrogens is 1120 g/mol. The van der Waals surface area contributed by atoms with Gasteiger partial charge in [0.05, 0.1) is 28.2 Å². The van der Waals surface area contributed by atoms with Crippen LogP contribution in [-0.4, -0.2) is 107 Å². The van der Waals surface area contributed by atoms with Gasteiger partial charge < -0.3 is 49.7 Å². The number of carbonyl (C=O) groups excluding carboxylic acids is 7. The molecule has 2 amide bonds. The Morgan fingerprint density at radius 3 is 1.85 bits per heavy atom. The molecule has 0 spiro atoms. The van der Waals surface area contributed by atoms with Gasteiger partial charge in [-0.1, -0.05) is 115 Å². The van der Waals surface area contributed by atoms with E-state index in [9.17, 15) is 33.9 Å². The summed E-state index contributed by atoms with van der Waals surface area (Å²) in [6.45, 7) is 25.5. The molecule has 1 aromatic heterocycles. The fraction of sp³-hybridized carbons (Fsp3) is 0.409. The number of carboxylic acids is 1. The quantitative estimate of drug-likeness (QED) is 0.0152. The number of carbonyl (C=O) groups is 8. The second-order valence-electron chi connectivity index (χ2n) is 23.2. The van der Waals surface area contributed by atoms with Gasteiger partial charge in [0.1, 0.15) is 53.5 Å². The number of amides is 2. The third-order valence-corrected chi connectivity index (χ3v) is 16.6. The highest BCUT2D eigenvalue weighted by atomic mass is 32.2. The van der Waals surface area contributed by atoms with Crippen LogP contribution < -0.4 is 20.7 Å². The zero-order chi connectivity index (χ0) is 62.7. The van der Waals surface area contributed by atoms with Crippen molar-refractivity contribution in [1.82, 2.24) is 15.6 Å². The molecule has 2 heterocycles. The van der Waals surface area contributed by atoms with E-state index in [2.05, 4.69) is 47.9 Å². The van der Waals surface area contributed by atoms with E-state index in [0.717, 1.165) is 37.4 Å². The molecule has 2 fully saturated rings. The summed E-state index contributed by atoms with van der Waals surface area (Å²) in [5, 5.41) is 17.8. The molecule has 456 valence electrons. The Hall–Kier alpha value is -8.36. The first-order valence-corrected chi connectivity index (χ1v) is 29.7. The van der Waals surface area contributed by atoms with Crippen LogP contribution in [0.15, 0.2) is 124 Å². The van der Waals surface area contributed by atoms with E-state index in [4.69, 9.17) is 28.7 Å². The molecule has 7 unspecified atom stereocenters. The number of hydrogen-bond acceptors (Lipinski definition) is 16. The summed E-state index contributed by atoms with van der Waals surface area (Å²) in [4.78, 5) is 117. The van der Waals surface area contributed by atoms with Gasteiger partial charge in [-0.05, 0) is 124 Å². The number of aliphatic imine (C=N–C) groups is 1. The van der Waals surface area contributed by atoms with E-state index >= 15 is 9.59 Å². The predicted molar refractivity (Wildman–Crippen MR) is 328 cm³/mol. The van der Waals surface area contributed by atoms with E-state index in [0.29, 0.717) is 33.4 Å². The van der Waals surface area contributed by atoms with Crippen molar-refractivity contribution in [2.24, 2.45) is 40.5 Å². The minimum absolute atomic E-state index is 0.00604. The first-order chi connectivity index (χ1) is 40.8. The number of aromatic carboxylic acids is 1. The van der Waals surface area contributed by atoms with Gasteiger partial charge in [-0.15, -0.1) is 11.8 Å². The molecule has 7 atom stereocenters. The largest absolute Gasteiger partial charge is 0.478 e. The monoisotopic (exact) mass is 1200 g/mol. The Balaban J connectivity index is 1.38. The normalized spacial score (nSPS) is 22.5. The number of nitrogens with one attached hydrogen (secondary N) is 4. The maximum absolute atomic E-state index is 15.3. The number of H-pyrrole nitrogens is 1. The molecule has 2 saturated carbocycles. The van der Waals surface area contributed by atoms with E-state index in [-0.39, 0.29) is 106 Å². The molecule has 4 aromatic rings. The van der Waals surface area contributed by atoms with Gasteiger partial charge in [0.15, 0.2) is 0 Å². The molecule has 1 aliphatic heterocycles. The molecule has 0 radical (unpaired) electrons. The van der Waals surface area contributed by atoms with Crippen molar-refractivity contribution in [2.75, 3.05) is 18.5 Å². The molecule has 3 aliphatic rings. The van der Waals surface area contributed by atoms with E-state index in [1.165, 1.54) is 32.0 Å². The van der Waals surface area contributed by atoms with Crippen LogP contribution in [0.25, 0.3) is 22.8 Å². The van der Waals surface area contributed by atoms with Crippen LogP contribution in [0.5, 0.6) is 5.75 Å². The topological polar surface area (TPSA) is 267 Å². The highest BCUT2D eigenvalue weighted by Gasteiger charge is 2.41. The number of benzene rings is 3. The zero-order valence-electron chi connectivity index (χ0n) is 50.3. The lowest BCUT2D eigenvalue weighted by Gasteiger charge is -2.37. The summed E-state index contributed by atoms with van der Waals surface area (Å²) in [7, 11) is 0. The lowest BCUT2D eigenvalue weighted by Crippen LogP contribution is -2.48. The van der Waals surface area contributed by atoms with Crippen molar-refractivity contribution >= 4 is 83.2 Å². The summed E-state index contributed by atoms with van der Waals surface area (Å²) in [6, 6.07) is 20.9. The fourth-order valence-electron chi connectivity index (χ4n) is 11.6. The van der Waals surface area contributed by atoms with Crippen LogP contribution in [-0.2, 0) is 47.7 Å². The van der Waals surface area contributed by atoms with Crippen molar-refractivity contribution in [1.29, 1.82) is 0 Å². The van der Waals surface area contributed by atoms with E-state index < -0.39 is 71.3 Å². The third-order valence-electron chi connectivity index (χ3n) is 15.5. The number of carboxylic acid groups (broad SMARTS) is 1. The van der Waals surface area contributed by atoms with E-state index in [1.54, 1.807) is 68.5 Å². The highest BCUT2D eigenvalue weighted by molar-refractivity contribution is 8.00.